The van der Waals surface area contributed by atoms with Gasteiger partial charge in [-0.2, -0.15) is 5.25 Å². The highest BCUT2D eigenvalue weighted by Gasteiger charge is 1.79. The summed E-state index contributed by atoms with van der Waals surface area (Å²) in [6, 6.07) is 0. The minimum absolute atomic E-state index is 0.527. The molecule has 1 unspecified atom stereocenters. The normalized spacial score (nSPS) is 11.1. The van der Waals surface area contributed by atoms with E-state index in [0.29, 0.717) is 8.73 Å². The first kappa shape index (κ1) is 7.35. The van der Waals surface area contributed by atoms with Crippen molar-refractivity contribution in [2.75, 3.05) is 6.16 Å². The zero-order chi connectivity index (χ0) is 5.54. The molecule has 0 heterocycles. The molecule has 44 valence electrons. The average Bonchev–Trinajstić information content (AvgIpc) is 1.69. The predicted molar refractivity (Wildman–Crippen MR) is 33.0 cm³/mol. The Balaban J connectivity index is 2.45. The maximum Gasteiger partial charge on any atom is -0.0201 e. The minimum Gasteiger partial charge on any atom is -0.313 e. The van der Waals surface area contributed by atoms with Gasteiger partial charge in [0, 0.05) is 0 Å². The van der Waals surface area contributed by atoms with Gasteiger partial charge in [0.25, 0.3) is 0 Å². The quantitative estimate of drug-likeness (QED) is 0.334. The third-order valence-corrected chi connectivity index (χ3v) is 1.50. The molecule has 0 aliphatic heterocycles. The second-order valence-electron chi connectivity index (χ2n) is 1.39. The molecule has 0 aliphatic carbocycles. The van der Waals surface area contributed by atoms with Gasteiger partial charge in [0.1, 0.15) is 0 Å². The van der Waals surface area contributed by atoms with Gasteiger partial charge in [0.2, 0.25) is 0 Å². The lowest BCUT2D eigenvalue weighted by molar-refractivity contribution is 0.254. The summed E-state index contributed by atoms with van der Waals surface area (Å²) in [7, 11) is 0.527. The summed E-state index contributed by atoms with van der Waals surface area (Å²) in [6.07, 6.45) is 3.54. The average molecular weight is 121 g/mol. The van der Waals surface area contributed by atoms with Gasteiger partial charge in [-0.25, -0.2) is 0 Å². The van der Waals surface area contributed by atoms with E-state index in [1.54, 1.807) is 0 Å². The minimum atomic E-state index is 0.527. The molecular weight excluding hydrogens is 109 g/mol. The van der Waals surface area contributed by atoms with Crippen LogP contribution in [0.1, 0.15) is 19.8 Å². The van der Waals surface area contributed by atoms with E-state index in [-0.39, 0.29) is 0 Å². The molecule has 2 N–H and O–H groups in total. The number of hydrogen-bond acceptors (Lipinski definition) is 2. The van der Waals surface area contributed by atoms with Crippen LogP contribution in [0.4, 0.5) is 0 Å². The summed E-state index contributed by atoms with van der Waals surface area (Å²) in [5, 5.41) is 10.2. The van der Waals surface area contributed by atoms with Gasteiger partial charge in [-0.1, -0.05) is 13.3 Å². The van der Waals surface area contributed by atoms with Crippen LogP contribution in [0, 0.1) is 0 Å². The van der Waals surface area contributed by atoms with Gasteiger partial charge in [-0.3, -0.25) is 0 Å². The Hall–Kier alpha value is 0.350. The SMILES string of the molecule is CCCCPNO. The molecule has 0 aromatic heterocycles. The summed E-state index contributed by atoms with van der Waals surface area (Å²) in [5.74, 6) is 0. The van der Waals surface area contributed by atoms with Crippen molar-refractivity contribution in [3.05, 3.63) is 0 Å². The summed E-state index contributed by atoms with van der Waals surface area (Å²) in [5.41, 5.74) is 0. The highest BCUT2D eigenvalue weighted by Crippen LogP contribution is 2.03. The standard InChI is InChI=1S/C4H12NOP/c1-2-3-4-7-5-6/h5-7H,2-4H2,1H3. The summed E-state index contributed by atoms with van der Waals surface area (Å²) < 4.78 is 0. The molecule has 0 amide bonds. The third kappa shape index (κ3) is 6.35. The first-order chi connectivity index (χ1) is 3.41. The van der Waals surface area contributed by atoms with Crippen molar-refractivity contribution in [2.45, 2.75) is 19.8 Å². The lowest BCUT2D eigenvalue weighted by Gasteiger charge is -1.92. The predicted octanol–water partition coefficient (Wildman–Crippen LogP) is 1.36. The molecule has 2 nitrogen and oxygen atoms in total. The molecule has 0 spiro atoms. The summed E-state index contributed by atoms with van der Waals surface area (Å²) >= 11 is 0. The lowest BCUT2D eigenvalue weighted by atomic mass is 10.4. The maximum absolute atomic E-state index is 8.06. The van der Waals surface area contributed by atoms with E-state index in [1.807, 2.05) is 0 Å². The van der Waals surface area contributed by atoms with E-state index in [9.17, 15) is 0 Å². The van der Waals surface area contributed by atoms with Crippen LogP contribution >= 0.6 is 8.73 Å². The number of hydrogen-bond donors (Lipinski definition) is 2. The van der Waals surface area contributed by atoms with E-state index in [1.165, 1.54) is 12.8 Å². The number of unbranched alkanes of at least 4 members (excludes halogenated alkanes) is 1. The first-order valence-corrected chi connectivity index (χ1v) is 3.74. The van der Waals surface area contributed by atoms with Crippen molar-refractivity contribution >= 4 is 8.73 Å². The van der Waals surface area contributed by atoms with Crippen LogP contribution in [-0.2, 0) is 0 Å². The Morgan fingerprint density at radius 1 is 1.71 bits per heavy atom. The molecule has 7 heavy (non-hydrogen) atoms. The van der Waals surface area contributed by atoms with Crippen LogP contribution in [0.2, 0.25) is 0 Å². The Labute approximate surface area is 46.1 Å². The largest absolute Gasteiger partial charge is 0.313 e. The monoisotopic (exact) mass is 121 g/mol. The van der Waals surface area contributed by atoms with Gasteiger partial charge >= 0.3 is 0 Å². The van der Waals surface area contributed by atoms with Gasteiger partial charge in [-0.05, 0) is 21.3 Å². The Bertz CT molecular complexity index is 30.9. The Morgan fingerprint density at radius 2 is 2.43 bits per heavy atom. The fourth-order valence-electron chi connectivity index (χ4n) is 0.321. The first-order valence-electron chi connectivity index (χ1n) is 2.53. The van der Waals surface area contributed by atoms with Crippen molar-refractivity contribution in [3.63, 3.8) is 0 Å². The van der Waals surface area contributed by atoms with Crippen LogP contribution in [0.5, 0.6) is 0 Å². The fourth-order valence-corrected chi connectivity index (χ4v) is 0.963. The smallest absolute Gasteiger partial charge is 0.0201 e. The van der Waals surface area contributed by atoms with Crippen LogP contribution < -0.4 is 5.25 Å². The number of rotatable bonds is 4. The van der Waals surface area contributed by atoms with Crippen molar-refractivity contribution in [3.8, 4) is 0 Å². The second kappa shape index (κ2) is 6.35. The Morgan fingerprint density at radius 3 is 2.86 bits per heavy atom. The van der Waals surface area contributed by atoms with Crippen molar-refractivity contribution < 1.29 is 5.21 Å². The van der Waals surface area contributed by atoms with Crippen LogP contribution in [-0.4, -0.2) is 11.4 Å². The van der Waals surface area contributed by atoms with Crippen LogP contribution in [0.25, 0.3) is 0 Å². The van der Waals surface area contributed by atoms with Crippen LogP contribution in [0.15, 0.2) is 0 Å². The van der Waals surface area contributed by atoms with E-state index < -0.39 is 0 Å². The van der Waals surface area contributed by atoms with Crippen molar-refractivity contribution in [1.29, 1.82) is 0 Å². The maximum atomic E-state index is 8.06. The van der Waals surface area contributed by atoms with Gasteiger partial charge in [-0.15, -0.1) is 0 Å². The van der Waals surface area contributed by atoms with E-state index in [4.69, 9.17) is 5.21 Å². The summed E-state index contributed by atoms with van der Waals surface area (Å²) in [6.45, 7) is 2.14. The molecule has 0 aliphatic rings. The molecule has 0 aromatic carbocycles. The van der Waals surface area contributed by atoms with Crippen molar-refractivity contribution in [1.82, 2.24) is 5.25 Å². The highest BCUT2D eigenvalue weighted by atomic mass is 31.1. The van der Waals surface area contributed by atoms with Crippen molar-refractivity contribution in [2.24, 2.45) is 0 Å². The molecular formula is C4H12NOP. The molecule has 0 saturated heterocycles. The Kier molecular flexibility index (Phi) is 6.67. The van der Waals surface area contributed by atoms with E-state index >= 15 is 0 Å². The van der Waals surface area contributed by atoms with Gasteiger partial charge in [0.05, 0.1) is 0 Å². The van der Waals surface area contributed by atoms with Gasteiger partial charge in [0.15, 0.2) is 0 Å². The highest BCUT2D eigenvalue weighted by molar-refractivity contribution is 7.35. The topological polar surface area (TPSA) is 32.3 Å². The lowest BCUT2D eigenvalue weighted by Crippen LogP contribution is -1.90. The van der Waals surface area contributed by atoms with E-state index in [2.05, 4.69) is 12.2 Å². The number of nitrogens with one attached hydrogen (secondary N) is 1. The fraction of sp³-hybridized carbons (Fsp3) is 1.00. The molecule has 0 aromatic rings. The molecule has 0 saturated carbocycles. The van der Waals surface area contributed by atoms with Gasteiger partial charge < -0.3 is 5.21 Å². The zero-order valence-electron chi connectivity index (χ0n) is 4.57. The molecule has 0 radical (unpaired) electrons. The van der Waals surface area contributed by atoms with Crippen LogP contribution in [0.3, 0.4) is 0 Å². The molecule has 0 rings (SSSR count). The third-order valence-electron chi connectivity index (χ3n) is 0.734. The molecule has 0 bridgehead atoms. The summed E-state index contributed by atoms with van der Waals surface area (Å²) in [4.78, 5) is 0. The second-order valence-corrected chi connectivity index (χ2v) is 2.47. The molecule has 1 atom stereocenters. The molecule has 0 fully saturated rings. The van der Waals surface area contributed by atoms with E-state index in [0.717, 1.165) is 6.16 Å². The zero-order valence-corrected chi connectivity index (χ0v) is 5.57. The molecule has 3 heteroatoms.